The molecular formula is C16H11NO2S2. The van der Waals surface area contributed by atoms with Crippen LogP contribution in [0.1, 0.15) is 0 Å². The molecule has 0 N–H and O–H groups in total. The fourth-order valence-electron chi connectivity index (χ4n) is 2.18. The van der Waals surface area contributed by atoms with Gasteiger partial charge in [0.25, 0.3) is 0 Å². The number of thiophene rings is 1. The Kier molecular flexibility index (Phi) is 3.02. The van der Waals surface area contributed by atoms with Crippen molar-refractivity contribution in [2.75, 3.05) is 7.11 Å². The molecule has 0 spiro atoms. The van der Waals surface area contributed by atoms with E-state index in [1.165, 1.54) is 4.88 Å². The van der Waals surface area contributed by atoms with Gasteiger partial charge in [0.15, 0.2) is 10.8 Å². The number of ether oxygens (including phenoxy) is 1. The molecule has 1 aromatic carbocycles. The maximum absolute atomic E-state index is 5.88. The van der Waals surface area contributed by atoms with Gasteiger partial charge in [-0.1, -0.05) is 6.07 Å². The predicted octanol–water partition coefficient (Wildman–Crippen LogP) is 5.29. The third-order valence-electron chi connectivity index (χ3n) is 3.21. The zero-order valence-corrected chi connectivity index (χ0v) is 12.8. The first-order valence-corrected chi connectivity index (χ1v) is 8.17. The molecule has 0 unspecified atom stereocenters. The van der Waals surface area contributed by atoms with Crippen molar-refractivity contribution in [1.82, 2.24) is 4.98 Å². The molecule has 21 heavy (non-hydrogen) atoms. The summed E-state index contributed by atoms with van der Waals surface area (Å²) in [5.41, 5.74) is 1.85. The molecule has 0 aliphatic carbocycles. The van der Waals surface area contributed by atoms with Gasteiger partial charge in [-0.2, -0.15) is 0 Å². The summed E-state index contributed by atoms with van der Waals surface area (Å²) in [4.78, 5) is 5.84. The van der Waals surface area contributed by atoms with Crippen LogP contribution in [0.3, 0.4) is 0 Å². The Balaban J connectivity index is 1.76. The van der Waals surface area contributed by atoms with E-state index < -0.39 is 0 Å². The van der Waals surface area contributed by atoms with Gasteiger partial charge >= 0.3 is 0 Å². The molecular weight excluding hydrogens is 302 g/mol. The van der Waals surface area contributed by atoms with Crippen molar-refractivity contribution in [2.24, 2.45) is 0 Å². The highest BCUT2D eigenvalue weighted by Gasteiger charge is 2.12. The van der Waals surface area contributed by atoms with E-state index in [0.717, 1.165) is 33.2 Å². The lowest BCUT2D eigenvalue weighted by Gasteiger charge is -1.96. The average Bonchev–Trinajstić information content (AvgIpc) is 3.23. The van der Waals surface area contributed by atoms with Crippen LogP contribution in [0, 0.1) is 0 Å². The summed E-state index contributed by atoms with van der Waals surface area (Å²) in [6, 6.07) is 11.9. The minimum absolute atomic E-state index is 0.797. The van der Waals surface area contributed by atoms with Crippen molar-refractivity contribution in [3.05, 3.63) is 47.2 Å². The van der Waals surface area contributed by atoms with E-state index in [1.54, 1.807) is 29.8 Å². The number of benzene rings is 1. The van der Waals surface area contributed by atoms with Crippen LogP contribution in [0.25, 0.3) is 32.3 Å². The molecule has 0 fully saturated rings. The van der Waals surface area contributed by atoms with E-state index in [1.807, 2.05) is 30.3 Å². The van der Waals surface area contributed by atoms with Crippen molar-refractivity contribution >= 4 is 33.6 Å². The Labute approximate surface area is 129 Å². The van der Waals surface area contributed by atoms with Crippen LogP contribution in [-0.4, -0.2) is 12.1 Å². The number of aromatic nitrogens is 1. The van der Waals surface area contributed by atoms with Crippen LogP contribution >= 0.6 is 22.7 Å². The smallest absolute Gasteiger partial charge is 0.164 e. The van der Waals surface area contributed by atoms with Gasteiger partial charge in [-0.15, -0.1) is 22.7 Å². The van der Waals surface area contributed by atoms with Crippen LogP contribution in [0.2, 0.25) is 0 Å². The van der Waals surface area contributed by atoms with Crippen LogP contribution in [0.4, 0.5) is 0 Å². The molecule has 0 saturated heterocycles. The Hall–Kier alpha value is -2.11. The fourth-order valence-corrected chi connectivity index (χ4v) is 3.71. The number of methoxy groups -OCH3 is 1. The largest absolute Gasteiger partial charge is 0.497 e. The molecule has 3 heterocycles. The number of rotatable bonds is 3. The van der Waals surface area contributed by atoms with E-state index in [2.05, 4.69) is 21.8 Å². The third kappa shape index (κ3) is 2.24. The van der Waals surface area contributed by atoms with E-state index in [-0.39, 0.29) is 0 Å². The summed E-state index contributed by atoms with van der Waals surface area (Å²) in [6.07, 6.45) is 0. The molecule has 4 rings (SSSR count). The van der Waals surface area contributed by atoms with Crippen LogP contribution in [-0.2, 0) is 0 Å². The van der Waals surface area contributed by atoms with E-state index in [9.17, 15) is 0 Å². The molecule has 3 nitrogen and oxygen atoms in total. The van der Waals surface area contributed by atoms with Gasteiger partial charge in [0, 0.05) is 10.8 Å². The second kappa shape index (κ2) is 5.02. The van der Waals surface area contributed by atoms with E-state index >= 15 is 0 Å². The summed E-state index contributed by atoms with van der Waals surface area (Å²) in [6.45, 7) is 0. The van der Waals surface area contributed by atoms with Crippen LogP contribution < -0.4 is 4.74 Å². The predicted molar refractivity (Wildman–Crippen MR) is 87.2 cm³/mol. The minimum atomic E-state index is 0.797. The molecule has 0 saturated carbocycles. The Morgan fingerprint density at radius 1 is 1.14 bits per heavy atom. The number of hydrogen-bond donors (Lipinski definition) is 0. The molecule has 4 aromatic rings. The summed E-state index contributed by atoms with van der Waals surface area (Å²) in [7, 11) is 1.66. The van der Waals surface area contributed by atoms with E-state index in [4.69, 9.17) is 9.15 Å². The summed E-state index contributed by atoms with van der Waals surface area (Å²) < 4.78 is 11.1. The van der Waals surface area contributed by atoms with Gasteiger partial charge in [0.1, 0.15) is 11.3 Å². The molecule has 3 aromatic heterocycles. The van der Waals surface area contributed by atoms with Gasteiger partial charge in [-0.3, -0.25) is 0 Å². The lowest BCUT2D eigenvalue weighted by Crippen LogP contribution is -1.79. The highest BCUT2D eigenvalue weighted by atomic mass is 32.1. The topological polar surface area (TPSA) is 35.3 Å². The van der Waals surface area contributed by atoms with Crippen molar-refractivity contribution in [3.8, 4) is 27.1 Å². The second-order valence-corrected chi connectivity index (χ2v) is 6.34. The van der Waals surface area contributed by atoms with Crippen molar-refractivity contribution in [2.45, 2.75) is 0 Å². The van der Waals surface area contributed by atoms with Gasteiger partial charge in [-0.25, -0.2) is 4.98 Å². The molecule has 0 amide bonds. The quantitative estimate of drug-likeness (QED) is 0.515. The maximum Gasteiger partial charge on any atom is 0.164 e. The maximum atomic E-state index is 5.88. The highest BCUT2D eigenvalue weighted by Crippen LogP contribution is 2.34. The Morgan fingerprint density at radius 2 is 2.10 bits per heavy atom. The molecule has 104 valence electrons. The monoisotopic (exact) mass is 313 g/mol. The van der Waals surface area contributed by atoms with E-state index in [0.29, 0.717) is 0 Å². The number of nitrogens with zero attached hydrogens (tertiary/aromatic N) is 1. The number of fused-ring (bicyclic) bond motifs is 1. The summed E-state index contributed by atoms with van der Waals surface area (Å²) in [5.74, 6) is 1.62. The lowest BCUT2D eigenvalue weighted by molar-refractivity contribution is 0.415. The standard InChI is InChI=1S/C16H11NO2S2/c1-18-11-4-5-13-10(7-11)8-14(19-13)16-17-12(9-21-16)15-3-2-6-20-15/h2-9H,1H3. The Bertz CT molecular complexity index is 890. The first-order chi connectivity index (χ1) is 10.3. The SMILES string of the molecule is COc1ccc2oc(-c3nc(-c4cccs4)cs3)cc2c1. The van der Waals surface area contributed by atoms with Gasteiger partial charge in [0.05, 0.1) is 17.7 Å². The lowest BCUT2D eigenvalue weighted by atomic mass is 10.2. The molecule has 0 aliphatic rings. The van der Waals surface area contributed by atoms with Gasteiger partial charge in [0.2, 0.25) is 0 Å². The highest BCUT2D eigenvalue weighted by molar-refractivity contribution is 7.15. The first kappa shape index (κ1) is 12.6. The zero-order chi connectivity index (χ0) is 14.2. The number of furan rings is 1. The molecule has 5 heteroatoms. The molecule has 0 bridgehead atoms. The molecule has 0 aliphatic heterocycles. The van der Waals surface area contributed by atoms with Crippen LogP contribution in [0.15, 0.2) is 51.6 Å². The normalized spacial score (nSPS) is 11.1. The minimum Gasteiger partial charge on any atom is -0.497 e. The van der Waals surface area contributed by atoms with Crippen molar-refractivity contribution < 1.29 is 9.15 Å². The fraction of sp³-hybridized carbons (Fsp3) is 0.0625. The average molecular weight is 313 g/mol. The van der Waals surface area contributed by atoms with Crippen LogP contribution in [0.5, 0.6) is 5.75 Å². The van der Waals surface area contributed by atoms with Gasteiger partial charge < -0.3 is 9.15 Å². The van der Waals surface area contributed by atoms with Crippen molar-refractivity contribution in [1.29, 1.82) is 0 Å². The summed E-state index contributed by atoms with van der Waals surface area (Å²) in [5, 5.41) is 6.04. The van der Waals surface area contributed by atoms with Crippen molar-refractivity contribution in [3.63, 3.8) is 0 Å². The number of thiazole rings is 1. The second-order valence-electron chi connectivity index (χ2n) is 4.53. The zero-order valence-electron chi connectivity index (χ0n) is 11.2. The Morgan fingerprint density at radius 3 is 2.90 bits per heavy atom. The molecule has 0 atom stereocenters. The third-order valence-corrected chi connectivity index (χ3v) is 4.96. The first-order valence-electron chi connectivity index (χ1n) is 6.41. The number of hydrogen-bond acceptors (Lipinski definition) is 5. The summed E-state index contributed by atoms with van der Waals surface area (Å²) >= 11 is 3.29. The van der Waals surface area contributed by atoms with Gasteiger partial charge in [-0.05, 0) is 35.7 Å². The molecule has 0 radical (unpaired) electrons.